The summed E-state index contributed by atoms with van der Waals surface area (Å²) in [6, 6.07) is 8.36. The lowest BCUT2D eigenvalue weighted by Crippen LogP contribution is -2.49. The molecule has 0 aromatic heterocycles. The van der Waals surface area contributed by atoms with Crippen LogP contribution in [0.5, 0.6) is 11.5 Å². The molecule has 0 spiro atoms. The Morgan fingerprint density at radius 3 is 2.15 bits per heavy atom. The van der Waals surface area contributed by atoms with Crippen LogP contribution in [0.15, 0.2) is 36.4 Å². The largest absolute Gasteiger partial charge is 0.481 e. The lowest BCUT2D eigenvalue weighted by atomic mass is 9.83. The lowest BCUT2D eigenvalue weighted by molar-refractivity contribution is -0.137. The van der Waals surface area contributed by atoms with Gasteiger partial charge in [-0.15, -0.1) is 0 Å². The van der Waals surface area contributed by atoms with Gasteiger partial charge in [0.25, 0.3) is 5.91 Å². The number of ether oxygens (including phenoxy) is 1. The molecule has 52 heavy (non-hydrogen) atoms. The number of fused-ring (bicyclic) bond motifs is 4. The van der Waals surface area contributed by atoms with E-state index < -0.39 is 11.9 Å². The Hall–Kier alpha value is -3.49. The van der Waals surface area contributed by atoms with Crippen LogP contribution in [-0.4, -0.2) is 59.6 Å². The number of halogens is 4. The van der Waals surface area contributed by atoms with Crippen molar-refractivity contribution in [2.45, 2.75) is 79.3 Å². The fourth-order valence-corrected chi connectivity index (χ4v) is 9.31. The fourth-order valence-electron chi connectivity index (χ4n) is 8.28. The number of carboxylic acid groups (broad SMARTS) is 1. The Morgan fingerprint density at radius 2 is 1.52 bits per heavy atom. The molecule has 274 valence electrons. The van der Waals surface area contributed by atoms with Gasteiger partial charge in [0.05, 0.1) is 37.3 Å². The number of nitrogens with zero attached hydrogens (tertiary/aromatic N) is 3. The first-order chi connectivity index (χ1) is 24.3. The number of carbonyl (C=O) groups is 2. The minimum absolute atomic E-state index is 0.0244. The number of amides is 1. The topological polar surface area (TPSA) is 73.1 Å². The van der Waals surface area contributed by atoms with E-state index in [2.05, 4.69) is 101 Å². The lowest BCUT2D eigenvalue weighted by Gasteiger charge is -2.43. The van der Waals surface area contributed by atoms with Gasteiger partial charge in [0, 0.05) is 85.2 Å². The molecular weight excluding hydrogens is 740 g/mol. The third-order valence-corrected chi connectivity index (χ3v) is 12.3. The maximum absolute atomic E-state index is 14.5. The molecule has 3 heterocycles. The van der Waals surface area contributed by atoms with E-state index in [1.807, 2.05) is 0 Å². The van der Waals surface area contributed by atoms with Gasteiger partial charge in [-0.1, -0.05) is 52.5 Å². The number of hydrogen-bond donors (Lipinski definition) is 1. The summed E-state index contributed by atoms with van der Waals surface area (Å²) >= 11 is 27.7. The van der Waals surface area contributed by atoms with Crippen molar-refractivity contribution in [1.29, 1.82) is 0 Å². The summed E-state index contributed by atoms with van der Waals surface area (Å²) in [5.41, 5.74) is 6.60. The molecule has 0 unspecified atom stereocenters. The Morgan fingerprint density at radius 1 is 0.865 bits per heavy atom. The van der Waals surface area contributed by atoms with Crippen LogP contribution in [0.3, 0.4) is 0 Å². The van der Waals surface area contributed by atoms with Crippen molar-refractivity contribution in [3.63, 3.8) is 0 Å². The number of benzene rings is 3. The van der Waals surface area contributed by atoms with E-state index in [1.165, 1.54) is 4.90 Å². The Balaban J connectivity index is 1.77. The summed E-state index contributed by atoms with van der Waals surface area (Å²) in [5.74, 6) is -0.212. The molecule has 1 N–H and O–H groups in total. The molecule has 11 heteroatoms. The summed E-state index contributed by atoms with van der Waals surface area (Å²) < 4.78 is 9.25. The van der Waals surface area contributed by atoms with Crippen LogP contribution in [0.4, 0.5) is 5.69 Å². The highest BCUT2D eigenvalue weighted by Crippen LogP contribution is 2.50. The smallest absolute Gasteiger partial charge is 0.303 e. The molecule has 3 aromatic carbocycles. The van der Waals surface area contributed by atoms with E-state index in [4.69, 9.17) is 51.1 Å². The predicted octanol–water partition coefficient (Wildman–Crippen LogP) is 9.32. The van der Waals surface area contributed by atoms with Gasteiger partial charge >= 0.3 is 5.97 Å². The normalized spacial score (nSPS) is 16.6. The van der Waals surface area contributed by atoms with Gasteiger partial charge in [0.15, 0.2) is 5.54 Å². The molecule has 3 aromatic rings. The summed E-state index contributed by atoms with van der Waals surface area (Å²) in [4.78, 5) is 29.6. The molecule has 0 bridgehead atoms. The van der Waals surface area contributed by atoms with E-state index in [0.29, 0.717) is 22.6 Å². The number of aliphatic carboxylic acids is 1. The Bertz CT molecular complexity index is 2270. The van der Waals surface area contributed by atoms with Crippen LogP contribution < -0.4 is 24.8 Å². The van der Waals surface area contributed by atoms with Crippen molar-refractivity contribution in [2.75, 3.05) is 31.6 Å². The maximum atomic E-state index is 14.5. The molecule has 1 amide bonds. The van der Waals surface area contributed by atoms with Gasteiger partial charge < -0.3 is 19.6 Å². The zero-order chi connectivity index (χ0) is 38.2. The molecule has 0 saturated carbocycles. The van der Waals surface area contributed by atoms with Crippen molar-refractivity contribution in [3.05, 3.63) is 94.9 Å². The first-order valence-electron chi connectivity index (χ1n) is 17.5. The predicted molar refractivity (Wildman–Crippen MR) is 214 cm³/mol. The minimum Gasteiger partial charge on any atom is -0.481 e. The number of rotatable bonds is 8. The average molecular weight is 785 g/mol. The van der Waals surface area contributed by atoms with Crippen molar-refractivity contribution >= 4 is 80.7 Å². The van der Waals surface area contributed by atoms with Crippen molar-refractivity contribution in [1.82, 2.24) is 9.48 Å². The van der Waals surface area contributed by atoms with E-state index in [1.54, 1.807) is 7.05 Å². The van der Waals surface area contributed by atoms with Gasteiger partial charge in [0.2, 0.25) is 5.36 Å². The van der Waals surface area contributed by atoms with Crippen LogP contribution in [0.1, 0.15) is 101 Å². The van der Waals surface area contributed by atoms with Gasteiger partial charge in [-0.2, -0.15) is 0 Å². The van der Waals surface area contributed by atoms with Gasteiger partial charge in [-0.25, -0.2) is 4.58 Å². The van der Waals surface area contributed by atoms with Gasteiger partial charge in [-0.05, 0) is 77.3 Å². The van der Waals surface area contributed by atoms with Gasteiger partial charge in [-0.3, -0.25) is 9.59 Å². The summed E-state index contributed by atoms with van der Waals surface area (Å²) in [6.45, 7) is 19.0. The van der Waals surface area contributed by atoms with Crippen molar-refractivity contribution in [2.24, 2.45) is 0 Å². The second kappa shape index (κ2) is 13.7. The molecule has 0 aliphatic carbocycles. The number of carboxylic acids is 1. The maximum Gasteiger partial charge on any atom is 0.303 e. The highest BCUT2D eigenvalue weighted by Gasteiger charge is 2.38. The Kier molecular flexibility index (Phi) is 10.1. The third kappa shape index (κ3) is 6.21. The summed E-state index contributed by atoms with van der Waals surface area (Å²) in [7, 11) is 1.61. The monoisotopic (exact) mass is 782 g/mol. The molecule has 6 rings (SSSR count). The van der Waals surface area contributed by atoms with E-state index in [0.717, 1.165) is 57.2 Å². The molecule has 3 aliphatic rings. The molecular formula is C41H44Cl4N3O4+. The van der Waals surface area contributed by atoms with Gasteiger partial charge in [0.1, 0.15) is 18.0 Å². The molecule has 3 aliphatic heterocycles. The first kappa shape index (κ1) is 38.2. The zero-order valence-corrected chi connectivity index (χ0v) is 34.0. The average Bonchev–Trinajstić information content (AvgIpc) is 3.06. The third-order valence-electron chi connectivity index (χ3n) is 10.5. The van der Waals surface area contributed by atoms with Crippen molar-refractivity contribution < 1.29 is 19.4 Å². The van der Waals surface area contributed by atoms with E-state index in [-0.39, 0.29) is 56.1 Å². The Labute approximate surface area is 325 Å². The highest BCUT2D eigenvalue weighted by atomic mass is 35.5. The number of hydrogen-bond acceptors (Lipinski definition) is 4. The number of carbonyl (C=O) groups excluding carboxylic acids is 1. The van der Waals surface area contributed by atoms with Crippen LogP contribution >= 0.6 is 46.4 Å². The SMILES string of the molecule is CCN1c2cc3c(cc2C(C)=CC1(C)C)C(c1c(Cl)c(Cl)c(Cl)c(Cl)c1C(=O)N(C)CCCC(=O)O)=c1cc2c(cc1O3)=[N+](CC)C(C)(C)C=C2C. The second-order valence-electron chi connectivity index (χ2n) is 14.9. The van der Waals surface area contributed by atoms with E-state index >= 15 is 0 Å². The van der Waals surface area contributed by atoms with Crippen LogP contribution in [0.2, 0.25) is 20.1 Å². The molecule has 0 radical (unpaired) electrons. The fraction of sp³-hybridized carbons (Fsp3) is 0.390. The van der Waals surface area contributed by atoms with Crippen molar-refractivity contribution in [3.8, 4) is 11.5 Å². The molecule has 7 nitrogen and oxygen atoms in total. The van der Waals surface area contributed by atoms with Crippen LogP contribution in [-0.2, 0) is 4.79 Å². The zero-order valence-electron chi connectivity index (χ0n) is 31.0. The molecule has 0 fully saturated rings. The highest BCUT2D eigenvalue weighted by molar-refractivity contribution is 6.53. The summed E-state index contributed by atoms with van der Waals surface area (Å²) in [5, 5.41) is 11.0. The number of allylic oxidation sites excluding steroid dienone is 2. The molecule has 0 atom stereocenters. The van der Waals surface area contributed by atoms with E-state index in [9.17, 15) is 14.7 Å². The second-order valence-corrected chi connectivity index (χ2v) is 16.4. The molecule has 0 saturated heterocycles. The number of likely N-dealkylation sites (N-methyl/N-ethyl adjacent to an activating group) is 2. The number of anilines is 1. The van der Waals surface area contributed by atoms with Crippen LogP contribution in [0.25, 0.3) is 16.7 Å². The summed E-state index contributed by atoms with van der Waals surface area (Å²) in [6.07, 6.45) is 4.68. The minimum atomic E-state index is -0.946. The quantitative estimate of drug-likeness (QED) is 0.110. The standard InChI is InChI=1S/C41H43Cl4N3O4/c1-10-47-27-17-29-25(15-23(27)21(3)19-40(47,5)6)32(26-16-24-22(4)20-41(7,8)48(11-2)28(24)18-30(26)52-29)33-34(36(43)38(45)37(44)35(33)42)39(51)46(9)14-12-13-31(49)50/h15-20H,10-14H2,1-9H3/p+1. The van der Waals surface area contributed by atoms with Crippen LogP contribution in [0, 0.1) is 0 Å². The first-order valence-corrected chi connectivity index (χ1v) is 19.1.